The SMILES string of the molecule is CC(=O)Nc1ccc[n+](-c2nc3ccccc3s2)c1. The number of benzene rings is 1. The van der Waals surface area contributed by atoms with E-state index in [4.69, 9.17) is 0 Å². The summed E-state index contributed by atoms with van der Waals surface area (Å²) < 4.78 is 3.06. The summed E-state index contributed by atoms with van der Waals surface area (Å²) in [5, 5.41) is 3.65. The number of anilines is 1. The van der Waals surface area contributed by atoms with E-state index < -0.39 is 0 Å². The number of carbonyl (C=O) groups excluding carboxylic acids is 1. The highest BCUT2D eigenvalue weighted by atomic mass is 32.1. The number of pyridine rings is 1. The molecular weight excluding hydrogens is 258 g/mol. The molecule has 1 aromatic carbocycles. The van der Waals surface area contributed by atoms with Crippen LogP contribution in [0, 0.1) is 0 Å². The van der Waals surface area contributed by atoms with E-state index in [1.54, 1.807) is 11.3 Å². The maximum absolute atomic E-state index is 11.1. The largest absolute Gasteiger partial charge is 0.388 e. The Labute approximate surface area is 114 Å². The van der Waals surface area contributed by atoms with Crippen LogP contribution in [0.1, 0.15) is 6.92 Å². The van der Waals surface area contributed by atoms with Crippen LogP contribution in [0.4, 0.5) is 5.69 Å². The van der Waals surface area contributed by atoms with Crippen LogP contribution in [-0.4, -0.2) is 10.9 Å². The molecule has 0 radical (unpaired) electrons. The second-order valence-corrected chi connectivity index (χ2v) is 5.15. The van der Waals surface area contributed by atoms with Gasteiger partial charge < -0.3 is 5.32 Å². The lowest BCUT2D eigenvalue weighted by Gasteiger charge is -2.00. The highest BCUT2D eigenvalue weighted by molar-refractivity contribution is 7.20. The summed E-state index contributed by atoms with van der Waals surface area (Å²) in [6.07, 6.45) is 3.78. The third-order valence-corrected chi connectivity index (χ3v) is 3.67. The fraction of sp³-hybridized carbons (Fsp3) is 0.0714. The van der Waals surface area contributed by atoms with Gasteiger partial charge in [-0.25, -0.2) is 0 Å². The highest BCUT2D eigenvalue weighted by Crippen LogP contribution is 2.21. The third-order valence-electron chi connectivity index (χ3n) is 2.62. The predicted octanol–water partition coefficient (Wildman–Crippen LogP) is 2.53. The van der Waals surface area contributed by atoms with Crippen molar-refractivity contribution in [3.8, 4) is 5.13 Å². The van der Waals surface area contributed by atoms with Crippen molar-refractivity contribution in [3.05, 3.63) is 48.8 Å². The first-order valence-electron chi connectivity index (χ1n) is 5.87. The average Bonchev–Trinajstić information content (AvgIpc) is 2.82. The van der Waals surface area contributed by atoms with E-state index in [1.807, 2.05) is 47.3 Å². The zero-order chi connectivity index (χ0) is 13.2. The van der Waals surface area contributed by atoms with Crippen molar-refractivity contribution in [2.45, 2.75) is 6.92 Å². The van der Waals surface area contributed by atoms with Gasteiger partial charge in [-0.05, 0) is 40.6 Å². The molecule has 3 aromatic rings. The van der Waals surface area contributed by atoms with Crippen molar-refractivity contribution >= 4 is 33.1 Å². The van der Waals surface area contributed by atoms with Gasteiger partial charge in [0.2, 0.25) is 5.91 Å². The van der Waals surface area contributed by atoms with Gasteiger partial charge in [0.15, 0.2) is 5.52 Å². The molecule has 5 heteroatoms. The first-order valence-corrected chi connectivity index (χ1v) is 6.69. The fourth-order valence-corrected chi connectivity index (χ4v) is 2.77. The quantitative estimate of drug-likeness (QED) is 0.727. The Bertz CT molecular complexity index is 718. The minimum atomic E-state index is -0.0814. The molecule has 0 bridgehead atoms. The van der Waals surface area contributed by atoms with Crippen LogP contribution in [0.2, 0.25) is 0 Å². The van der Waals surface area contributed by atoms with E-state index in [-0.39, 0.29) is 5.91 Å². The molecule has 0 aliphatic rings. The summed E-state index contributed by atoms with van der Waals surface area (Å²) in [6.45, 7) is 1.50. The van der Waals surface area contributed by atoms with E-state index in [0.717, 1.165) is 21.0 Å². The Morgan fingerprint density at radius 3 is 2.89 bits per heavy atom. The van der Waals surface area contributed by atoms with Crippen molar-refractivity contribution < 1.29 is 9.36 Å². The van der Waals surface area contributed by atoms with Crippen molar-refractivity contribution in [1.29, 1.82) is 0 Å². The number of rotatable bonds is 2. The molecule has 0 aliphatic carbocycles. The van der Waals surface area contributed by atoms with E-state index in [2.05, 4.69) is 16.4 Å². The van der Waals surface area contributed by atoms with Gasteiger partial charge >= 0.3 is 5.13 Å². The molecule has 4 nitrogen and oxygen atoms in total. The minimum Gasteiger partial charge on any atom is -0.323 e. The normalized spacial score (nSPS) is 10.6. The maximum Gasteiger partial charge on any atom is 0.388 e. The minimum absolute atomic E-state index is 0.0814. The lowest BCUT2D eigenvalue weighted by Crippen LogP contribution is -2.29. The first kappa shape index (κ1) is 11.8. The number of para-hydroxylation sites is 1. The molecule has 0 aliphatic heterocycles. The lowest BCUT2D eigenvalue weighted by atomic mass is 10.3. The number of aromatic nitrogens is 2. The average molecular weight is 270 g/mol. The second-order valence-electron chi connectivity index (χ2n) is 4.15. The Morgan fingerprint density at radius 1 is 1.26 bits per heavy atom. The number of hydrogen-bond donors (Lipinski definition) is 1. The van der Waals surface area contributed by atoms with Crippen molar-refractivity contribution in [2.24, 2.45) is 0 Å². The zero-order valence-electron chi connectivity index (χ0n) is 10.3. The van der Waals surface area contributed by atoms with Gasteiger partial charge in [0.1, 0.15) is 6.20 Å². The number of carbonyl (C=O) groups is 1. The van der Waals surface area contributed by atoms with Gasteiger partial charge in [-0.15, -0.1) is 0 Å². The van der Waals surface area contributed by atoms with Gasteiger partial charge in [-0.2, -0.15) is 4.57 Å². The van der Waals surface area contributed by atoms with Crippen LogP contribution in [0.15, 0.2) is 48.8 Å². The third kappa shape index (κ3) is 2.46. The Balaban J connectivity index is 2.03. The predicted molar refractivity (Wildman–Crippen MR) is 75.5 cm³/mol. The Kier molecular flexibility index (Phi) is 2.97. The molecule has 0 spiro atoms. The van der Waals surface area contributed by atoms with E-state index >= 15 is 0 Å². The van der Waals surface area contributed by atoms with Crippen LogP contribution < -0.4 is 9.88 Å². The van der Waals surface area contributed by atoms with Crippen LogP contribution in [-0.2, 0) is 4.79 Å². The summed E-state index contributed by atoms with van der Waals surface area (Å²) in [5.74, 6) is -0.0814. The standard InChI is InChI=1S/C14H11N3OS/c1-10(18)15-11-5-4-8-17(9-11)14-16-12-6-2-3-7-13(12)19-14/h2-9H,1H3/p+1. The highest BCUT2D eigenvalue weighted by Gasteiger charge is 2.14. The molecule has 0 atom stereocenters. The summed E-state index contributed by atoms with van der Waals surface area (Å²) in [5.41, 5.74) is 1.74. The van der Waals surface area contributed by atoms with E-state index in [0.29, 0.717) is 0 Å². The number of nitrogens with one attached hydrogen (secondary N) is 1. The molecule has 2 heterocycles. The molecule has 0 saturated carbocycles. The smallest absolute Gasteiger partial charge is 0.323 e. The van der Waals surface area contributed by atoms with Crippen LogP contribution >= 0.6 is 11.3 Å². The van der Waals surface area contributed by atoms with Gasteiger partial charge in [-0.3, -0.25) is 4.79 Å². The second kappa shape index (κ2) is 4.78. The van der Waals surface area contributed by atoms with Crippen LogP contribution in [0.5, 0.6) is 0 Å². The Morgan fingerprint density at radius 2 is 2.11 bits per heavy atom. The molecule has 1 amide bonds. The molecule has 94 valence electrons. The summed E-state index contributed by atoms with van der Waals surface area (Å²) in [7, 11) is 0. The number of fused-ring (bicyclic) bond motifs is 1. The number of thiazole rings is 1. The van der Waals surface area contributed by atoms with Crippen molar-refractivity contribution in [2.75, 3.05) is 5.32 Å². The van der Waals surface area contributed by atoms with E-state index in [9.17, 15) is 4.79 Å². The van der Waals surface area contributed by atoms with Crippen molar-refractivity contribution in [1.82, 2.24) is 4.98 Å². The van der Waals surface area contributed by atoms with Gasteiger partial charge in [-0.1, -0.05) is 12.1 Å². The molecular formula is C14H12N3OS+. The molecule has 3 rings (SSSR count). The fourth-order valence-electron chi connectivity index (χ4n) is 1.84. The molecule has 2 aromatic heterocycles. The molecule has 0 unspecified atom stereocenters. The molecule has 0 fully saturated rings. The van der Waals surface area contributed by atoms with Gasteiger partial charge in [0, 0.05) is 6.92 Å². The molecule has 0 saturated heterocycles. The summed E-state index contributed by atoms with van der Waals surface area (Å²) in [6, 6.07) is 11.8. The zero-order valence-corrected chi connectivity index (χ0v) is 11.1. The Hall–Kier alpha value is -2.27. The lowest BCUT2D eigenvalue weighted by molar-refractivity contribution is -0.594. The number of nitrogens with zero attached hydrogens (tertiary/aromatic N) is 2. The van der Waals surface area contributed by atoms with Gasteiger partial charge in [0.25, 0.3) is 0 Å². The topological polar surface area (TPSA) is 45.9 Å². The monoisotopic (exact) mass is 270 g/mol. The van der Waals surface area contributed by atoms with E-state index in [1.165, 1.54) is 6.92 Å². The first-order chi connectivity index (χ1) is 9.22. The van der Waals surface area contributed by atoms with Crippen molar-refractivity contribution in [3.63, 3.8) is 0 Å². The van der Waals surface area contributed by atoms with Crippen LogP contribution in [0.25, 0.3) is 15.3 Å². The molecule has 1 N–H and O–H groups in total. The number of hydrogen-bond acceptors (Lipinski definition) is 3. The van der Waals surface area contributed by atoms with Crippen LogP contribution in [0.3, 0.4) is 0 Å². The maximum atomic E-state index is 11.1. The summed E-state index contributed by atoms with van der Waals surface area (Å²) in [4.78, 5) is 15.6. The molecule has 19 heavy (non-hydrogen) atoms. The number of amides is 1. The summed E-state index contributed by atoms with van der Waals surface area (Å²) >= 11 is 1.62. The van der Waals surface area contributed by atoms with Gasteiger partial charge in [0.05, 0.1) is 16.6 Å².